The van der Waals surface area contributed by atoms with E-state index < -0.39 is 0 Å². The molecule has 134 valence electrons. The maximum atomic E-state index is 11.8. The lowest BCUT2D eigenvalue weighted by Gasteiger charge is -2.10. The quantitative estimate of drug-likeness (QED) is 0.400. The van der Waals surface area contributed by atoms with Gasteiger partial charge in [-0.15, -0.1) is 0 Å². The number of benzene rings is 1. The molecule has 0 radical (unpaired) electrons. The number of phenolic OH excluding ortho intramolecular Hbond substituents is 1. The number of ether oxygens (including phenoxy) is 2. The number of thioether (sulfide) groups is 1. The molecule has 0 saturated heterocycles. The highest BCUT2D eigenvalue weighted by atomic mass is 32.2. The lowest BCUT2D eigenvalue weighted by atomic mass is 10.1. The number of carbonyl (C=O) groups is 2. The van der Waals surface area contributed by atoms with Crippen molar-refractivity contribution in [3.05, 3.63) is 23.8 Å². The fraction of sp³-hybridized carbons (Fsp3) is 0.500. The Morgan fingerprint density at radius 1 is 1.42 bits per heavy atom. The Morgan fingerprint density at radius 2 is 2.17 bits per heavy atom. The zero-order chi connectivity index (χ0) is 17.9. The third-order valence-corrected chi connectivity index (χ3v) is 3.93. The number of esters is 1. The summed E-state index contributed by atoms with van der Waals surface area (Å²) in [6.07, 6.45) is 2.79. The van der Waals surface area contributed by atoms with Crippen LogP contribution in [0.5, 0.6) is 11.5 Å². The van der Waals surface area contributed by atoms with Crippen molar-refractivity contribution in [3.63, 3.8) is 0 Å². The second-order valence-electron chi connectivity index (χ2n) is 5.18. The number of quaternary nitrogens is 1. The van der Waals surface area contributed by atoms with Crippen LogP contribution in [0.25, 0.3) is 0 Å². The molecule has 0 fully saturated rings. The molecule has 1 amide bonds. The number of nitrogens with one attached hydrogen (secondary N) is 1. The average Bonchev–Trinajstić information content (AvgIpc) is 2.57. The SMILES string of the molecule is COc1cc(CC(=O)NCCOC(=O)[C@@H]([NH3+])CCSC)ccc1O. The van der Waals surface area contributed by atoms with Gasteiger partial charge in [0.1, 0.15) is 6.61 Å². The van der Waals surface area contributed by atoms with E-state index in [0.29, 0.717) is 17.7 Å². The van der Waals surface area contributed by atoms with E-state index in [-0.39, 0.29) is 43.2 Å². The highest BCUT2D eigenvalue weighted by Crippen LogP contribution is 2.26. The van der Waals surface area contributed by atoms with Gasteiger partial charge in [0.05, 0.1) is 20.1 Å². The summed E-state index contributed by atoms with van der Waals surface area (Å²) in [6, 6.07) is 4.36. The van der Waals surface area contributed by atoms with Crippen molar-refractivity contribution in [2.24, 2.45) is 0 Å². The van der Waals surface area contributed by atoms with Gasteiger partial charge < -0.3 is 25.6 Å². The van der Waals surface area contributed by atoms with E-state index in [9.17, 15) is 14.7 Å². The van der Waals surface area contributed by atoms with Crippen molar-refractivity contribution in [3.8, 4) is 11.5 Å². The summed E-state index contributed by atoms with van der Waals surface area (Å²) in [5, 5.41) is 12.2. The van der Waals surface area contributed by atoms with E-state index in [0.717, 1.165) is 5.75 Å². The highest BCUT2D eigenvalue weighted by molar-refractivity contribution is 7.98. The molecule has 0 aliphatic heterocycles. The Kier molecular flexibility index (Phi) is 9.03. The summed E-state index contributed by atoms with van der Waals surface area (Å²) < 4.78 is 10.1. The second kappa shape index (κ2) is 10.8. The number of carbonyl (C=O) groups excluding carboxylic acids is 2. The van der Waals surface area contributed by atoms with Gasteiger partial charge in [0.15, 0.2) is 17.5 Å². The van der Waals surface area contributed by atoms with Gasteiger partial charge in [0, 0.05) is 6.42 Å². The third kappa shape index (κ3) is 7.10. The lowest BCUT2D eigenvalue weighted by Crippen LogP contribution is -2.65. The van der Waals surface area contributed by atoms with Crippen molar-refractivity contribution in [2.75, 3.05) is 32.3 Å². The van der Waals surface area contributed by atoms with Gasteiger partial charge in [-0.2, -0.15) is 11.8 Å². The molecule has 0 heterocycles. The normalized spacial score (nSPS) is 11.6. The number of hydrogen-bond donors (Lipinski definition) is 3. The monoisotopic (exact) mass is 357 g/mol. The van der Waals surface area contributed by atoms with E-state index in [4.69, 9.17) is 9.47 Å². The van der Waals surface area contributed by atoms with Crippen LogP contribution in [0.3, 0.4) is 0 Å². The first-order valence-electron chi connectivity index (χ1n) is 7.59. The Hall–Kier alpha value is -1.93. The minimum absolute atomic E-state index is 0.0257. The molecular formula is C16H25N2O5S+. The number of hydrogen-bond acceptors (Lipinski definition) is 6. The molecule has 0 saturated carbocycles. The zero-order valence-corrected chi connectivity index (χ0v) is 14.9. The van der Waals surface area contributed by atoms with Gasteiger partial charge in [0.25, 0.3) is 0 Å². The first-order valence-corrected chi connectivity index (χ1v) is 8.98. The van der Waals surface area contributed by atoms with Crippen LogP contribution in [0.1, 0.15) is 12.0 Å². The molecule has 24 heavy (non-hydrogen) atoms. The van der Waals surface area contributed by atoms with Gasteiger partial charge in [-0.25, -0.2) is 4.79 Å². The van der Waals surface area contributed by atoms with Crippen LogP contribution >= 0.6 is 11.8 Å². The number of methoxy groups -OCH3 is 1. The zero-order valence-electron chi connectivity index (χ0n) is 14.0. The van der Waals surface area contributed by atoms with Gasteiger partial charge in [-0.05, 0) is 29.7 Å². The molecule has 0 aromatic heterocycles. The van der Waals surface area contributed by atoms with Crippen molar-refractivity contribution in [1.82, 2.24) is 5.32 Å². The lowest BCUT2D eigenvalue weighted by molar-refractivity contribution is -0.408. The summed E-state index contributed by atoms with van der Waals surface area (Å²) in [6.45, 7) is 0.365. The van der Waals surface area contributed by atoms with Crippen LogP contribution in [0.15, 0.2) is 18.2 Å². The van der Waals surface area contributed by atoms with Crippen LogP contribution in [-0.2, 0) is 20.7 Å². The Balaban J connectivity index is 2.28. The average molecular weight is 357 g/mol. The topological polar surface area (TPSA) is 112 Å². The summed E-state index contributed by atoms with van der Waals surface area (Å²) in [5.74, 6) is 0.656. The summed E-state index contributed by atoms with van der Waals surface area (Å²) in [7, 11) is 1.45. The van der Waals surface area contributed by atoms with E-state index >= 15 is 0 Å². The van der Waals surface area contributed by atoms with Crippen molar-refractivity contribution in [1.29, 1.82) is 0 Å². The van der Waals surface area contributed by atoms with Gasteiger partial charge in [-0.3, -0.25) is 4.79 Å². The summed E-state index contributed by atoms with van der Waals surface area (Å²) in [5.41, 5.74) is 4.48. The standard InChI is InChI=1S/C16H24N2O5S/c1-22-14-9-11(3-4-13(14)19)10-15(20)18-6-7-23-16(21)12(17)5-8-24-2/h3-4,9,12,19H,5-8,10,17H2,1-2H3,(H,18,20)/p+1/t12-/m0/s1. The maximum absolute atomic E-state index is 11.8. The smallest absolute Gasteiger partial charge is 0.364 e. The van der Waals surface area contributed by atoms with E-state index in [1.807, 2.05) is 6.26 Å². The van der Waals surface area contributed by atoms with Crippen molar-refractivity contribution >= 4 is 23.6 Å². The largest absolute Gasteiger partial charge is 0.504 e. The molecule has 1 aromatic carbocycles. The molecular weight excluding hydrogens is 332 g/mol. The Morgan fingerprint density at radius 3 is 2.83 bits per heavy atom. The molecule has 0 unspecified atom stereocenters. The van der Waals surface area contributed by atoms with Crippen LogP contribution in [-0.4, -0.2) is 55.3 Å². The first kappa shape index (κ1) is 20.1. The fourth-order valence-corrected chi connectivity index (χ4v) is 2.44. The Labute approximate surface area is 145 Å². The van der Waals surface area contributed by atoms with E-state index in [1.165, 1.54) is 13.2 Å². The first-order chi connectivity index (χ1) is 11.5. The third-order valence-electron chi connectivity index (χ3n) is 3.28. The van der Waals surface area contributed by atoms with Crippen LogP contribution < -0.4 is 15.8 Å². The molecule has 0 spiro atoms. The van der Waals surface area contributed by atoms with Crippen LogP contribution in [0.2, 0.25) is 0 Å². The molecule has 8 heteroatoms. The molecule has 1 rings (SSSR count). The number of rotatable bonds is 10. The van der Waals surface area contributed by atoms with Gasteiger partial charge >= 0.3 is 5.97 Å². The molecule has 0 aliphatic carbocycles. The minimum atomic E-state index is -0.377. The molecule has 0 aliphatic rings. The predicted octanol–water partition coefficient (Wildman–Crippen LogP) is -0.0337. The second-order valence-corrected chi connectivity index (χ2v) is 6.16. The van der Waals surface area contributed by atoms with Crippen molar-refractivity contribution < 1.29 is 29.9 Å². The maximum Gasteiger partial charge on any atom is 0.364 e. The van der Waals surface area contributed by atoms with E-state index in [2.05, 4.69) is 11.1 Å². The molecule has 7 nitrogen and oxygen atoms in total. The minimum Gasteiger partial charge on any atom is -0.504 e. The van der Waals surface area contributed by atoms with E-state index in [1.54, 1.807) is 23.9 Å². The number of aromatic hydroxyl groups is 1. The summed E-state index contributed by atoms with van der Waals surface area (Å²) >= 11 is 1.65. The highest BCUT2D eigenvalue weighted by Gasteiger charge is 2.18. The molecule has 1 atom stereocenters. The Bertz CT molecular complexity index is 553. The fourth-order valence-electron chi connectivity index (χ4n) is 1.92. The molecule has 0 bridgehead atoms. The van der Waals surface area contributed by atoms with Gasteiger partial charge in [-0.1, -0.05) is 6.07 Å². The van der Waals surface area contributed by atoms with Crippen LogP contribution in [0, 0.1) is 0 Å². The molecule has 5 N–H and O–H groups in total. The molecule has 1 aromatic rings. The number of phenols is 1. The van der Waals surface area contributed by atoms with Crippen LogP contribution in [0.4, 0.5) is 0 Å². The summed E-state index contributed by atoms with van der Waals surface area (Å²) in [4.78, 5) is 23.5. The van der Waals surface area contributed by atoms with Crippen molar-refractivity contribution in [2.45, 2.75) is 18.9 Å². The van der Waals surface area contributed by atoms with Gasteiger partial charge in [0.2, 0.25) is 5.91 Å². The number of amides is 1. The predicted molar refractivity (Wildman–Crippen MR) is 92.0 cm³/mol.